The van der Waals surface area contributed by atoms with Crippen molar-refractivity contribution in [2.75, 3.05) is 4.72 Å². The average molecular weight is 332 g/mol. The molecule has 1 heterocycles. The first-order valence-electron chi connectivity index (χ1n) is 9.30. The number of hydrogen-bond donors (Lipinski definition) is 0. The summed E-state index contributed by atoms with van der Waals surface area (Å²) in [4.78, 5) is 16.8. The molecule has 0 aliphatic heterocycles. The van der Waals surface area contributed by atoms with E-state index < -0.39 is 0 Å². The average Bonchev–Trinajstić information content (AvgIpc) is 2.64. The fraction of sp³-hybridized carbons (Fsp3) is 0.400. The van der Waals surface area contributed by atoms with Crippen LogP contribution in [0.2, 0.25) is 6.82 Å². The molecule has 1 aliphatic rings. The lowest BCUT2D eigenvalue weighted by Crippen LogP contribution is -2.37. The number of rotatable bonds is 5. The van der Waals surface area contributed by atoms with Gasteiger partial charge in [0.15, 0.2) is 0 Å². The normalized spacial score (nSPS) is 20.3. The van der Waals surface area contributed by atoms with Crippen molar-refractivity contribution < 1.29 is 4.79 Å². The topological polar surface area (TPSA) is 33.2 Å². The first-order valence-corrected chi connectivity index (χ1v) is 9.30. The van der Waals surface area contributed by atoms with Crippen LogP contribution in [0, 0.1) is 5.92 Å². The molecule has 5 heteroatoms. The maximum absolute atomic E-state index is 11.9. The Kier molecular flexibility index (Phi) is 5.62. The number of carbonyl (C=O) groups excluding carboxylic acids is 1. The van der Waals surface area contributed by atoms with E-state index in [4.69, 9.17) is 4.98 Å². The molecule has 1 aromatic carbocycles. The molecule has 128 valence electrons. The minimum absolute atomic E-state index is 0.263. The maximum atomic E-state index is 11.9. The molecule has 2 aromatic rings. The molecule has 0 amide bonds. The SMILES string of the molecule is BN(B(C)Cc1ccccc1)c1cccc(C2CC(=O)CCC2C)n1. The third-order valence-electron chi connectivity index (χ3n) is 5.55. The number of hydrogen-bond acceptors (Lipinski definition) is 3. The fourth-order valence-corrected chi connectivity index (χ4v) is 3.69. The van der Waals surface area contributed by atoms with Crippen molar-refractivity contribution >= 4 is 26.4 Å². The number of Topliss-reactive ketones (excluding diaryl/α,β-unsaturated/α-hetero) is 1. The van der Waals surface area contributed by atoms with Gasteiger partial charge in [-0.3, -0.25) is 4.79 Å². The van der Waals surface area contributed by atoms with E-state index in [0.29, 0.717) is 25.0 Å². The van der Waals surface area contributed by atoms with Gasteiger partial charge in [-0.15, -0.1) is 0 Å². The molecule has 0 bridgehead atoms. The van der Waals surface area contributed by atoms with E-state index in [1.165, 1.54) is 5.56 Å². The summed E-state index contributed by atoms with van der Waals surface area (Å²) in [5.74, 6) is 2.15. The molecular formula is C20H26B2N2O. The molecule has 3 rings (SSSR count). The van der Waals surface area contributed by atoms with Gasteiger partial charge in [0.05, 0.1) is 0 Å². The van der Waals surface area contributed by atoms with Gasteiger partial charge in [-0.05, 0) is 30.8 Å². The van der Waals surface area contributed by atoms with E-state index >= 15 is 0 Å². The first kappa shape index (κ1) is 17.8. The van der Waals surface area contributed by atoms with Crippen molar-refractivity contribution in [3.05, 3.63) is 59.8 Å². The molecule has 1 saturated carbocycles. The third-order valence-corrected chi connectivity index (χ3v) is 5.55. The number of nitrogens with zero attached hydrogens (tertiary/aromatic N) is 2. The van der Waals surface area contributed by atoms with Crippen LogP contribution in [0.3, 0.4) is 0 Å². The fourth-order valence-electron chi connectivity index (χ4n) is 3.69. The Labute approximate surface area is 152 Å². The number of ketones is 1. The third kappa shape index (κ3) is 4.33. The molecule has 1 aliphatic carbocycles. The van der Waals surface area contributed by atoms with Crippen LogP contribution in [-0.4, -0.2) is 25.6 Å². The minimum Gasteiger partial charge on any atom is -0.451 e. The quantitative estimate of drug-likeness (QED) is 0.788. The summed E-state index contributed by atoms with van der Waals surface area (Å²) < 4.78 is 2.24. The van der Waals surface area contributed by atoms with Crippen molar-refractivity contribution in [2.24, 2.45) is 5.92 Å². The van der Waals surface area contributed by atoms with Gasteiger partial charge in [-0.25, -0.2) is 4.98 Å². The Bertz CT molecular complexity index is 723. The van der Waals surface area contributed by atoms with Crippen molar-refractivity contribution in [2.45, 2.75) is 45.2 Å². The molecule has 1 fully saturated rings. The summed E-state index contributed by atoms with van der Waals surface area (Å²) in [5.41, 5.74) is 2.40. The second-order valence-electron chi connectivity index (χ2n) is 7.44. The zero-order chi connectivity index (χ0) is 17.8. The predicted octanol–water partition coefficient (Wildman–Crippen LogP) is 3.31. The van der Waals surface area contributed by atoms with Crippen molar-refractivity contribution in [1.82, 2.24) is 4.98 Å². The van der Waals surface area contributed by atoms with Crippen LogP contribution in [0.5, 0.6) is 0 Å². The highest BCUT2D eigenvalue weighted by molar-refractivity contribution is 6.69. The molecule has 2 atom stereocenters. The van der Waals surface area contributed by atoms with Gasteiger partial charge in [0.25, 0.3) is 0 Å². The number of carbonyl (C=O) groups is 1. The van der Waals surface area contributed by atoms with Crippen LogP contribution in [0.1, 0.15) is 43.4 Å². The lowest BCUT2D eigenvalue weighted by atomic mass is 9.56. The van der Waals surface area contributed by atoms with E-state index in [-0.39, 0.29) is 5.92 Å². The molecule has 0 N–H and O–H groups in total. The van der Waals surface area contributed by atoms with E-state index in [1.54, 1.807) is 0 Å². The first-order chi connectivity index (χ1) is 12.0. The van der Waals surface area contributed by atoms with Gasteiger partial charge in [0.1, 0.15) is 11.6 Å². The summed E-state index contributed by atoms with van der Waals surface area (Å²) >= 11 is 0. The van der Waals surface area contributed by atoms with Gasteiger partial charge in [0.2, 0.25) is 14.8 Å². The van der Waals surface area contributed by atoms with E-state index in [1.807, 2.05) is 0 Å². The largest absolute Gasteiger partial charge is 0.451 e. The van der Waals surface area contributed by atoms with E-state index in [2.05, 4.69) is 75.0 Å². The maximum Gasteiger partial charge on any atom is 0.243 e. The molecule has 25 heavy (non-hydrogen) atoms. The van der Waals surface area contributed by atoms with Crippen LogP contribution >= 0.6 is 0 Å². The van der Waals surface area contributed by atoms with Gasteiger partial charge in [-0.2, -0.15) is 0 Å². The molecular weight excluding hydrogens is 306 g/mol. The Morgan fingerprint density at radius 1 is 1.20 bits per heavy atom. The lowest BCUT2D eigenvalue weighted by molar-refractivity contribution is -0.121. The van der Waals surface area contributed by atoms with Gasteiger partial charge in [0, 0.05) is 24.5 Å². The monoisotopic (exact) mass is 332 g/mol. The zero-order valence-corrected chi connectivity index (χ0v) is 15.5. The van der Waals surface area contributed by atoms with Crippen molar-refractivity contribution in [3.63, 3.8) is 0 Å². The van der Waals surface area contributed by atoms with Gasteiger partial charge >= 0.3 is 0 Å². The minimum atomic E-state index is 0.263. The van der Waals surface area contributed by atoms with Crippen LogP contribution in [0.25, 0.3) is 0 Å². The number of anilines is 1. The zero-order valence-electron chi connectivity index (χ0n) is 15.5. The summed E-state index contributed by atoms with van der Waals surface area (Å²) in [5, 5.41) is 0. The summed E-state index contributed by atoms with van der Waals surface area (Å²) in [6.07, 6.45) is 3.34. The highest BCUT2D eigenvalue weighted by Gasteiger charge is 2.29. The van der Waals surface area contributed by atoms with Crippen molar-refractivity contribution in [3.8, 4) is 0 Å². The Hall–Kier alpha value is -2.03. The standard InChI is InChI=1S/C20H26B2N2O/c1-15-11-12-17(25)13-18(15)19-9-6-10-20(23-19)24(21)22(2)14-16-7-4-3-5-8-16/h3-10,15,18H,11-14,21H2,1-2H3. The Balaban J connectivity index is 1.75. The highest BCUT2D eigenvalue weighted by atomic mass is 16.1. The molecule has 2 unspecified atom stereocenters. The Morgan fingerprint density at radius 3 is 2.72 bits per heavy atom. The van der Waals surface area contributed by atoms with Crippen LogP contribution in [-0.2, 0) is 11.1 Å². The number of benzene rings is 1. The summed E-state index contributed by atoms with van der Waals surface area (Å²) in [7, 11) is 2.11. The van der Waals surface area contributed by atoms with Crippen LogP contribution in [0.4, 0.5) is 5.82 Å². The smallest absolute Gasteiger partial charge is 0.243 e. The van der Waals surface area contributed by atoms with Crippen LogP contribution < -0.4 is 4.72 Å². The second kappa shape index (κ2) is 7.90. The van der Waals surface area contributed by atoms with Crippen LogP contribution in [0.15, 0.2) is 48.5 Å². The molecule has 1 aromatic heterocycles. The summed E-state index contributed by atoms with van der Waals surface area (Å²) in [6.45, 7) is 4.83. The second-order valence-corrected chi connectivity index (χ2v) is 7.44. The van der Waals surface area contributed by atoms with E-state index in [0.717, 1.165) is 30.7 Å². The molecule has 0 saturated heterocycles. The summed E-state index contributed by atoms with van der Waals surface area (Å²) in [6, 6.07) is 16.8. The van der Waals surface area contributed by atoms with Gasteiger partial charge < -0.3 is 4.72 Å². The van der Waals surface area contributed by atoms with Crippen molar-refractivity contribution in [1.29, 1.82) is 0 Å². The highest BCUT2D eigenvalue weighted by Crippen LogP contribution is 2.35. The lowest BCUT2D eigenvalue weighted by Gasteiger charge is -2.29. The van der Waals surface area contributed by atoms with Gasteiger partial charge in [-0.1, -0.05) is 55.7 Å². The molecule has 3 nitrogen and oxygen atoms in total. The Morgan fingerprint density at radius 2 is 1.96 bits per heavy atom. The number of pyridine rings is 1. The van der Waals surface area contributed by atoms with E-state index in [9.17, 15) is 4.79 Å². The predicted molar refractivity (Wildman–Crippen MR) is 108 cm³/mol. The number of aromatic nitrogens is 1. The molecule has 0 radical (unpaired) electrons. The molecule has 0 spiro atoms.